The molecule has 6 nitrogen and oxygen atoms in total. The number of benzene rings is 2. The van der Waals surface area contributed by atoms with E-state index >= 15 is 0 Å². The second-order valence-corrected chi connectivity index (χ2v) is 11.3. The van der Waals surface area contributed by atoms with Crippen molar-refractivity contribution >= 4 is 39.6 Å². The minimum absolute atomic E-state index is 0.138. The van der Waals surface area contributed by atoms with Crippen LogP contribution >= 0.6 is 22.7 Å². The molecule has 2 aromatic carbocycles. The van der Waals surface area contributed by atoms with Crippen molar-refractivity contribution in [2.45, 2.75) is 20.3 Å². The molecule has 0 bridgehead atoms. The molecule has 0 aliphatic heterocycles. The fourth-order valence-electron chi connectivity index (χ4n) is 4.10. The lowest BCUT2D eigenvalue weighted by Crippen LogP contribution is -2.15. The molecule has 0 amide bonds. The second kappa shape index (κ2) is 11.2. The maximum absolute atomic E-state index is 12.2. The molecule has 5 rings (SSSR count). The van der Waals surface area contributed by atoms with Gasteiger partial charge in [0, 0.05) is 34.1 Å². The summed E-state index contributed by atoms with van der Waals surface area (Å²) in [5.41, 5.74) is 2.74. The third-order valence-corrected chi connectivity index (χ3v) is 7.95. The van der Waals surface area contributed by atoms with Crippen molar-refractivity contribution < 1.29 is 14.6 Å². The van der Waals surface area contributed by atoms with E-state index in [1.807, 2.05) is 79.2 Å². The fourth-order valence-corrected chi connectivity index (χ4v) is 6.07. The van der Waals surface area contributed by atoms with E-state index in [-0.39, 0.29) is 5.56 Å². The summed E-state index contributed by atoms with van der Waals surface area (Å²) in [7, 11) is 1.82. The van der Waals surface area contributed by atoms with E-state index < -0.39 is 5.97 Å². The molecule has 192 valence electrons. The molecule has 0 radical (unpaired) electrons. The van der Waals surface area contributed by atoms with Gasteiger partial charge in [-0.25, -0.2) is 14.8 Å². The number of nitrogens with zero attached hydrogens (tertiary/aromatic N) is 3. The van der Waals surface area contributed by atoms with Gasteiger partial charge < -0.3 is 14.7 Å². The van der Waals surface area contributed by atoms with Crippen LogP contribution < -0.4 is 9.64 Å². The Labute approximate surface area is 229 Å². The number of ether oxygens (including phenoxy) is 1. The first kappa shape index (κ1) is 25.6. The van der Waals surface area contributed by atoms with E-state index in [2.05, 4.69) is 18.8 Å². The van der Waals surface area contributed by atoms with Gasteiger partial charge in [-0.3, -0.25) is 0 Å². The number of carboxylic acids is 1. The van der Waals surface area contributed by atoms with Gasteiger partial charge in [-0.05, 0) is 54.1 Å². The monoisotopic (exact) mass is 541 g/mol. The van der Waals surface area contributed by atoms with Crippen LogP contribution in [0.15, 0.2) is 84.4 Å². The number of aromatic carboxylic acids is 1. The predicted octanol–water partition coefficient (Wildman–Crippen LogP) is 8.39. The van der Waals surface area contributed by atoms with Crippen LogP contribution in [0.5, 0.6) is 11.5 Å². The van der Waals surface area contributed by atoms with Crippen molar-refractivity contribution in [1.29, 1.82) is 0 Å². The molecular formula is C30H27N3O3S2. The summed E-state index contributed by atoms with van der Waals surface area (Å²) in [6.07, 6.45) is 2.57. The van der Waals surface area contributed by atoms with Crippen LogP contribution in [0, 0.1) is 5.92 Å². The summed E-state index contributed by atoms with van der Waals surface area (Å²) in [5.74, 6) is 1.25. The summed E-state index contributed by atoms with van der Waals surface area (Å²) in [6.45, 7) is 4.35. The van der Waals surface area contributed by atoms with Crippen molar-refractivity contribution in [3.8, 4) is 33.2 Å². The molecule has 0 fully saturated rings. The average molecular weight is 542 g/mol. The number of rotatable bonds is 9. The van der Waals surface area contributed by atoms with Gasteiger partial charge in [-0.2, -0.15) is 0 Å². The zero-order chi connectivity index (χ0) is 26.6. The number of thiazole rings is 1. The normalized spacial score (nSPS) is 11.1. The summed E-state index contributed by atoms with van der Waals surface area (Å²) < 4.78 is 6.06. The molecular weight excluding hydrogens is 514 g/mol. The Morgan fingerprint density at radius 3 is 2.50 bits per heavy atom. The molecule has 0 atom stereocenters. The highest BCUT2D eigenvalue weighted by Gasteiger charge is 2.23. The molecule has 3 aromatic heterocycles. The van der Waals surface area contributed by atoms with E-state index in [0.29, 0.717) is 16.9 Å². The van der Waals surface area contributed by atoms with Gasteiger partial charge in [0.25, 0.3) is 0 Å². The Kier molecular flexibility index (Phi) is 7.53. The number of carbonyl (C=O) groups is 1. The van der Waals surface area contributed by atoms with Gasteiger partial charge in [-0.1, -0.05) is 50.2 Å². The minimum atomic E-state index is -1.03. The summed E-state index contributed by atoms with van der Waals surface area (Å²) in [6, 6.07) is 23.2. The molecule has 0 aliphatic carbocycles. The van der Waals surface area contributed by atoms with Crippen molar-refractivity contribution in [3.63, 3.8) is 0 Å². The van der Waals surface area contributed by atoms with E-state index in [9.17, 15) is 9.90 Å². The molecule has 38 heavy (non-hydrogen) atoms. The zero-order valence-corrected chi connectivity index (χ0v) is 22.9. The molecule has 0 saturated carbocycles. The Hall–Kier alpha value is -4.01. The number of hydrogen-bond donors (Lipinski definition) is 1. The SMILES string of the molecule is CC(C)Cc1sc(N(C)c2ncc(-c3cccs3)cc2C(=O)O)nc1-c1cccc(Oc2ccccc2)c1. The van der Waals surface area contributed by atoms with Gasteiger partial charge in [0.05, 0.1) is 5.69 Å². The lowest BCUT2D eigenvalue weighted by Gasteiger charge is -2.17. The first-order valence-electron chi connectivity index (χ1n) is 12.2. The molecule has 1 N–H and O–H groups in total. The quantitative estimate of drug-likeness (QED) is 0.202. The van der Waals surface area contributed by atoms with Gasteiger partial charge >= 0.3 is 5.97 Å². The van der Waals surface area contributed by atoms with Crippen LogP contribution in [-0.4, -0.2) is 28.1 Å². The lowest BCUT2D eigenvalue weighted by molar-refractivity contribution is 0.0697. The number of pyridine rings is 1. The third kappa shape index (κ3) is 5.61. The van der Waals surface area contributed by atoms with Crippen molar-refractivity contribution in [2.75, 3.05) is 11.9 Å². The summed E-state index contributed by atoms with van der Waals surface area (Å²) in [4.78, 5) is 25.6. The van der Waals surface area contributed by atoms with Gasteiger partial charge in [-0.15, -0.1) is 22.7 Å². The molecule has 3 heterocycles. The molecule has 0 saturated heterocycles. The average Bonchev–Trinajstić information content (AvgIpc) is 3.59. The standard InChI is InChI=1S/C30H27N3O3S2/c1-19(2)15-26-27(20-9-7-12-23(16-20)36-22-10-5-4-6-11-22)32-30(38-26)33(3)28-24(29(34)35)17-21(18-31-28)25-13-8-14-37-25/h4-14,16-19H,15H2,1-3H3,(H,34,35). The smallest absolute Gasteiger partial charge is 0.339 e. The highest BCUT2D eigenvalue weighted by atomic mass is 32.1. The molecule has 5 aromatic rings. The van der Waals surface area contributed by atoms with Gasteiger partial charge in [0.2, 0.25) is 0 Å². The Balaban J connectivity index is 1.52. The minimum Gasteiger partial charge on any atom is -0.478 e. The first-order valence-corrected chi connectivity index (χ1v) is 13.9. The van der Waals surface area contributed by atoms with Gasteiger partial charge in [0.15, 0.2) is 5.13 Å². The second-order valence-electron chi connectivity index (χ2n) is 9.25. The van der Waals surface area contributed by atoms with Crippen LogP contribution in [0.25, 0.3) is 21.7 Å². The molecule has 8 heteroatoms. The highest BCUT2D eigenvalue weighted by Crippen LogP contribution is 2.39. The van der Waals surface area contributed by atoms with E-state index in [1.54, 1.807) is 39.8 Å². The van der Waals surface area contributed by atoms with Crippen LogP contribution in [0.4, 0.5) is 10.9 Å². The lowest BCUT2D eigenvalue weighted by atomic mass is 10.0. The predicted molar refractivity (Wildman–Crippen MR) is 155 cm³/mol. The maximum Gasteiger partial charge on any atom is 0.339 e. The number of para-hydroxylation sites is 1. The van der Waals surface area contributed by atoms with E-state index in [1.165, 1.54) is 0 Å². The Morgan fingerprint density at radius 2 is 1.79 bits per heavy atom. The maximum atomic E-state index is 12.2. The zero-order valence-electron chi connectivity index (χ0n) is 21.3. The number of anilines is 2. The van der Waals surface area contributed by atoms with Crippen molar-refractivity contribution in [1.82, 2.24) is 9.97 Å². The van der Waals surface area contributed by atoms with Crippen molar-refractivity contribution in [2.24, 2.45) is 5.92 Å². The fraction of sp³-hybridized carbons (Fsp3) is 0.167. The first-order chi connectivity index (χ1) is 18.4. The van der Waals surface area contributed by atoms with Crippen LogP contribution in [0.1, 0.15) is 29.1 Å². The van der Waals surface area contributed by atoms with E-state index in [4.69, 9.17) is 9.72 Å². The summed E-state index contributed by atoms with van der Waals surface area (Å²) >= 11 is 3.11. The van der Waals surface area contributed by atoms with Crippen molar-refractivity contribution in [3.05, 3.63) is 94.8 Å². The van der Waals surface area contributed by atoms with E-state index in [0.717, 1.165) is 44.5 Å². The Bertz CT molecular complexity index is 1550. The van der Waals surface area contributed by atoms with Gasteiger partial charge in [0.1, 0.15) is 22.9 Å². The summed E-state index contributed by atoms with van der Waals surface area (Å²) in [5, 5.41) is 12.6. The third-order valence-electron chi connectivity index (χ3n) is 5.87. The number of hydrogen-bond acceptors (Lipinski definition) is 7. The topological polar surface area (TPSA) is 75.6 Å². The number of carboxylic acid groups (broad SMARTS) is 1. The molecule has 0 unspecified atom stereocenters. The number of aromatic nitrogens is 2. The molecule has 0 aliphatic rings. The Morgan fingerprint density at radius 1 is 1.00 bits per heavy atom. The molecule has 0 spiro atoms. The van der Waals surface area contributed by atoms with Crippen LogP contribution in [-0.2, 0) is 6.42 Å². The largest absolute Gasteiger partial charge is 0.478 e. The number of thiophene rings is 1. The van der Waals surface area contributed by atoms with Crippen LogP contribution in [0.3, 0.4) is 0 Å². The van der Waals surface area contributed by atoms with Crippen LogP contribution in [0.2, 0.25) is 0 Å². The highest BCUT2D eigenvalue weighted by molar-refractivity contribution is 7.16.